The fourth-order valence-corrected chi connectivity index (χ4v) is 0.379. The highest BCUT2D eigenvalue weighted by atomic mass is 16.6. The lowest BCUT2D eigenvalue weighted by Gasteiger charge is -1.88. The first kappa shape index (κ1) is 8.84. The van der Waals surface area contributed by atoms with Crippen LogP contribution in [0.5, 0.6) is 0 Å². The van der Waals surface area contributed by atoms with Crippen LogP contribution < -0.4 is 0 Å². The van der Waals surface area contributed by atoms with E-state index in [9.17, 15) is 10.1 Å². The van der Waals surface area contributed by atoms with Crippen LogP contribution in [-0.4, -0.2) is 16.6 Å². The molecular formula is C6H9NO3. The summed E-state index contributed by atoms with van der Waals surface area (Å²) in [6, 6.07) is 0. The lowest BCUT2D eigenvalue weighted by Crippen LogP contribution is -2.02. The van der Waals surface area contributed by atoms with Gasteiger partial charge in [0, 0.05) is 6.08 Å². The zero-order chi connectivity index (χ0) is 7.98. The summed E-state index contributed by atoms with van der Waals surface area (Å²) in [4.78, 5) is 9.37. The van der Waals surface area contributed by atoms with Gasteiger partial charge in [-0.3, -0.25) is 10.1 Å². The van der Waals surface area contributed by atoms with Crippen LogP contribution in [0.4, 0.5) is 0 Å². The number of hydrogen-bond donors (Lipinski definition) is 1. The third-order valence-corrected chi connectivity index (χ3v) is 0.878. The minimum atomic E-state index is -0.611. The van der Waals surface area contributed by atoms with Crippen molar-refractivity contribution in [2.45, 2.75) is 6.92 Å². The molecule has 0 aliphatic carbocycles. The van der Waals surface area contributed by atoms with Crippen molar-refractivity contribution >= 4 is 0 Å². The second-order valence-electron chi connectivity index (χ2n) is 1.60. The van der Waals surface area contributed by atoms with Crippen molar-refractivity contribution in [2.75, 3.05) is 6.61 Å². The van der Waals surface area contributed by atoms with E-state index in [0.717, 1.165) is 0 Å². The number of rotatable bonds is 3. The molecule has 0 aliphatic heterocycles. The summed E-state index contributed by atoms with van der Waals surface area (Å²) >= 11 is 0. The van der Waals surface area contributed by atoms with E-state index in [-0.39, 0.29) is 5.70 Å². The van der Waals surface area contributed by atoms with Crippen molar-refractivity contribution in [3.8, 4) is 0 Å². The first-order valence-corrected chi connectivity index (χ1v) is 2.79. The van der Waals surface area contributed by atoms with Gasteiger partial charge in [0.05, 0.1) is 4.92 Å². The largest absolute Gasteiger partial charge is 0.385 e. The quantitative estimate of drug-likeness (QED) is 0.359. The number of nitrogens with zero attached hydrogens (tertiary/aromatic N) is 1. The molecule has 0 aromatic rings. The van der Waals surface area contributed by atoms with E-state index in [4.69, 9.17) is 5.11 Å². The Bertz CT molecular complexity index is 172. The molecule has 0 rings (SSSR count). The zero-order valence-corrected chi connectivity index (χ0v) is 5.65. The Labute approximate surface area is 58.6 Å². The smallest absolute Gasteiger partial charge is 0.271 e. The highest BCUT2D eigenvalue weighted by molar-refractivity contribution is 5.05. The van der Waals surface area contributed by atoms with Gasteiger partial charge in [-0.2, -0.15) is 0 Å². The monoisotopic (exact) mass is 143 g/mol. The van der Waals surface area contributed by atoms with Gasteiger partial charge in [0.25, 0.3) is 5.70 Å². The van der Waals surface area contributed by atoms with Crippen LogP contribution in [0, 0.1) is 10.1 Å². The molecule has 0 atom stereocenters. The third-order valence-electron chi connectivity index (χ3n) is 0.878. The topological polar surface area (TPSA) is 63.4 Å². The molecule has 0 aromatic heterocycles. The Hall–Kier alpha value is -1.16. The maximum Gasteiger partial charge on any atom is 0.271 e. The van der Waals surface area contributed by atoms with Gasteiger partial charge in [-0.1, -0.05) is 12.2 Å². The van der Waals surface area contributed by atoms with Gasteiger partial charge < -0.3 is 5.11 Å². The summed E-state index contributed by atoms with van der Waals surface area (Å²) in [6.45, 7) is 1.21. The fourth-order valence-electron chi connectivity index (χ4n) is 0.379. The number of hydrogen-bond acceptors (Lipinski definition) is 3. The number of nitro groups is 1. The highest BCUT2D eigenvalue weighted by Crippen LogP contribution is 1.93. The van der Waals surface area contributed by atoms with Gasteiger partial charge in [-0.25, -0.2) is 0 Å². The number of aliphatic hydroxyl groups is 1. The van der Waals surface area contributed by atoms with Gasteiger partial charge in [0.2, 0.25) is 0 Å². The van der Waals surface area contributed by atoms with Crippen molar-refractivity contribution in [1.82, 2.24) is 0 Å². The van der Waals surface area contributed by atoms with Gasteiger partial charge in [-0.15, -0.1) is 0 Å². The van der Waals surface area contributed by atoms with Crippen LogP contribution in [0.25, 0.3) is 0 Å². The molecule has 0 bridgehead atoms. The van der Waals surface area contributed by atoms with Crippen LogP contribution in [0.1, 0.15) is 6.92 Å². The van der Waals surface area contributed by atoms with Gasteiger partial charge in [0.1, 0.15) is 6.61 Å². The second-order valence-corrected chi connectivity index (χ2v) is 1.60. The Balaban J connectivity index is 4.18. The van der Waals surface area contributed by atoms with E-state index in [1.807, 2.05) is 0 Å². The minimum Gasteiger partial charge on any atom is -0.385 e. The first-order chi connectivity index (χ1) is 4.72. The normalized spacial score (nSPS) is 12.4. The molecule has 0 saturated heterocycles. The molecule has 4 nitrogen and oxygen atoms in total. The molecule has 0 saturated carbocycles. The molecule has 0 radical (unpaired) electrons. The molecule has 0 aliphatic rings. The van der Waals surface area contributed by atoms with Crippen molar-refractivity contribution in [3.63, 3.8) is 0 Å². The van der Waals surface area contributed by atoms with E-state index in [2.05, 4.69) is 0 Å². The molecule has 56 valence electrons. The van der Waals surface area contributed by atoms with Crippen LogP contribution in [0.2, 0.25) is 0 Å². The SMILES string of the molecule is CC=CC=C(CO)[N+](=O)[O-]. The minimum absolute atomic E-state index is 0.196. The van der Waals surface area contributed by atoms with Gasteiger partial charge in [-0.05, 0) is 6.92 Å². The van der Waals surface area contributed by atoms with Crippen molar-refractivity contribution < 1.29 is 10.0 Å². The zero-order valence-electron chi connectivity index (χ0n) is 5.65. The van der Waals surface area contributed by atoms with Crippen molar-refractivity contribution in [1.29, 1.82) is 0 Å². The molecule has 0 amide bonds. The van der Waals surface area contributed by atoms with Crippen LogP contribution in [0.15, 0.2) is 23.9 Å². The Morgan fingerprint density at radius 1 is 1.80 bits per heavy atom. The second kappa shape index (κ2) is 4.69. The third kappa shape index (κ3) is 2.99. The van der Waals surface area contributed by atoms with Crippen molar-refractivity contribution in [3.05, 3.63) is 34.0 Å². The first-order valence-electron chi connectivity index (χ1n) is 2.79. The maximum atomic E-state index is 9.98. The standard InChI is InChI=1S/C6H9NO3/c1-2-3-4-6(5-8)7(9)10/h2-4,8H,5H2,1H3. The van der Waals surface area contributed by atoms with E-state index in [1.165, 1.54) is 12.2 Å². The van der Waals surface area contributed by atoms with Crippen LogP contribution in [0.3, 0.4) is 0 Å². The number of aliphatic hydroxyl groups excluding tert-OH is 1. The van der Waals surface area contributed by atoms with Crippen LogP contribution in [-0.2, 0) is 0 Å². The summed E-state index contributed by atoms with van der Waals surface area (Å²) < 4.78 is 0. The molecule has 0 heterocycles. The number of allylic oxidation sites excluding steroid dienone is 3. The maximum absolute atomic E-state index is 9.98. The molecular weight excluding hydrogens is 134 g/mol. The van der Waals surface area contributed by atoms with Crippen molar-refractivity contribution in [2.24, 2.45) is 0 Å². The van der Waals surface area contributed by atoms with E-state index >= 15 is 0 Å². The van der Waals surface area contributed by atoms with E-state index < -0.39 is 11.5 Å². The van der Waals surface area contributed by atoms with Gasteiger partial charge in [0.15, 0.2) is 0 Å². The van der Waals surface area contributed by atoms with Gasteiger partial charge >= 0.3 is 0 Å². The molecule has 0 unspecified atom stereocenters. The summed E-state index contributed by atoms with van der Waals surface area (Å²) in [6.07, 6.45) is 4.42. The molecule has 0 aromatic carbocycles. The fraction of sp³-hybridized carbons (Fsp3) is 0.333. The summed E-state index contributed by atoms with van der Waals surface area (Å²) in [5.74, 6) is 0. The molecule has 1 N–H and O–H groups in total. The Kier molecular flexibility index (Phi) is 4.15. The predicted molar refractivity (Wildman–Crippen MR) is 37.0 cm³/mol. The summed E-state index contributed by atoms with van der Waals surface area (Å²) in [5, 5.41) is 18.4. The Morgan fingerprint density at radius 3 is 2.70 bits per heavy atom. The lowest BCUT2D eigenvalue weighted by molar-refractivity contribution is -0.429. The molecule has 10 heavy (non-hydrogen) atoms. The molecule has 0 spiro atoms. The van der Waals surface area contributed by atoms with Crippen LogP contribution >= 0.6 is 0 Å². The average molecular weight is 143 g/mol. The summed E-state index contributed by atoms with van der Waals surface area (Å²) in [7, 11) is 0. The average Bonchev–Trinajstić information content (AvgIpc) is 1.89. The Morgan fingerprint density at radius 2 is 2.40 bits per heavy atom. The molecule has 0 fully saturated rings. The highest BCUT2D eigenvalue weighted by Gasteiger charge is 2.04. The predicted octanol–water partition coefficient (Wildman–Crippen LogP) is 0.715. The van der Waals surface area contributed by atoms with E-state index in [1.54, 1.807) is 13.0 Å². The summed E-state index contributed by atoms with van der Waals surface area (Å²) in [5.41, 5.74) is -0.196. The van der Waals surface area contributed by atoms with E-state index in [0.29, 0.717) is 0 Å². The molecule has 4 heteroatoms. The lowest BCUT2D eigenvalue weighted by atomic mass is 10.4.